The number of anilines is 1. The molecule has 4 nitrogen and oxygen atoms in total. The number of hydrogen-bond acceptors (Lipinski definition) is 5. The molecule has 2 heterocycles. The van der Waals surface area contributed by atoms with Crippen molar-refractivity contribution in [1.82, 2.24) is 9.97 Å². The summed E-state index contributed by atoms with van der Waals surface area (Å²) in [4.78, 5) is 9.26. The summed E-state index contributed by atoms with van der Waals surface area (Å²) in [6.07, 6.45) is 1.39. The first-order chi connectivity index (χ1) is 8.90. The minimum Gasteiger partial charge on any atom is -0.377 e. The van der Waals surface area contributed by atoms with E-state index in [1.807, 2.05) is 13.1 Å². The molecule has 1 aromatic heterocycles. The summed E-state index contributed by atoms with van der Waals surface area (Å²) in [6, 6.07) is 2.02. The van der Waals surface area contributed by atoms with Gasteiger partial charge in [-0.15, -0.1) is 11.8 Å². The Bertz CT molecular complexity index is 445. The van der Waals surface area contributed by atoms with Crippen LogP contribution < -0.4 is 5.32 Å². The molecule has 2 rings (SSSR count). The van der Waals surface area contributed by atoms with Crippen molar-refractivity contribution >= 4 is 17.6 Å². The van der Waals surface area contributed by atoms with Gasteiger partial charge in [0.15, 0.2) is 0 Å². The molecule has 1 N–H and O–H groups in total. The van der Waals surface area contributed by atoms with Gasteiger partial charge in [-0.3, -0.25) is 0 Å². The highest BCUT2D eigenvalue weighted by atomic mass is 32.2. The number of rotatable bonds is 3. The van der Waals surface area contributed by atoms with Gasteiger partial charge < -0.3 is 10.1 Å². The molecular formula is C14H23N3OS. The molecule has 0 amide bonds. The number of nitrogens with one attached hydrogen (secondary N) is 1. The third-order valence-electron chi connectivity index (χ3n) is 3.21. The van der Waals surface area contributed by atoms with E-state index in [4.69, 9.17) is 9.72 Å². The molecule has 1 saturated heterocycles. The molecule has 0 aromatic carbocycles. The molecule has 1 fully saturated rings. The lowest BCUT2D eigenvalue weighted by Crippen LogP contribution is -2.18. The summed E-state index contributed by atoms with van der Waals surface area (Å²) in [5.74, 6) is 1.77. The van der Waals surface area contributed by atoms with Gasteiger partial charge in [-0.1, -0.05) is 20.8 Å². The second-order valence-electron chi connectivity index (χ2n) is 5.94. The summed E-state index contributed by atoms with van der Waals surface area (Å²) in [5, 5.41) is 4.65. The molecule has 106 valence electrons. The van der Waals surface area contributed by atoms with Crippen LogP contribution >= 0.6 is 11.8 Å². The van der Waals surface area contributed by atoms with Gasteiger partial charge in [0.2, 0.25) is 0 Å². The molecule has 0 aliphatic carbocycles. The average Bonchev–Trinajstić information content (AvgIpc) is 2.73. The van der Waals surface area contributed by atoms with E-state index in [9.17, 15) is 0 Å². The molecular weight excluding hydrogens is 258 g/mol. The first kappa shape index (κ1) is 14.6. The van der Waals surface area contributed by atoms with Crippen molar-refractivity contribution in [2.45, 2.75) is 55.9 Å². The largest absolute Gasteiger partial charge is 0.377 e. The molecule has 1 aliphatic rings. The highest BCUT2D eigenvalue weighted by Crippen LogP contribution is 2.33. The third kappa shape index (κ3) is 3.60. The summed E-state index contributed by atoms with van der Waals surface area (Å²) in [6.45, 7) is 9.40. The fraction of sp³-hybridized carbons (Fsp3) is 0.714. The van der Waals surface area contributed by atoms with Gasteiger partial charge in [-0.2, -0.15) is 0 Å². The van der Waals surface area contributed by atoms with Gasteiger partial charge in [0, 0.05) is 30.4 Å². The SMILES string of the molecule is CNc1cc(SC2CCOC2C)nc(C(C)(C)C)n1. The predicted octanol–water partition coefficient (Wildman–Crippen LogP) is 3.09. The van der Waals surface area contributed by atoms with Gasteiger partial charge in [0.05, 0.1) is 6.10 Å². The number of hydrogen-bond donors (Lipinski definition) is 1. The van der Waals surface area contributed by atoms with E-state index in [1.54, 1.807) is 11.8 Å². The molecule has 19 heavy (non-hydrogen) atoms. The van der Waals surface area contributed by atoms with Crippen molar-refractivity contribution in [3.63, 3.8) is 0 Å². The molecule has 5 heteroatoms. The maximum absolute atomic E-state index is 5.61. The minimum absolute atomic E-state index is 0.0417. The van der Waals surface area contributed by atoms with Crippen molar-refractivity contribution in [2.24, 2.45) is 0 Å². The van der Waals surface area contributed by atoms with Crippen molar-refractivity contribution < 1.29 is 4.74 Å². The van der Waals surface area contributed by atoms with E-state index in [0.717, 1.165) is 29.7 Å². The lowest BCUT2D eigenvalue weighted by Gasteiger charge is -2.19. The van der Waals surface area contributed by atoms with E-state index in [2.05, 4.69) is 38.0 Å². The van der Waals surface area contributed by atoms with Crippen molar-refractivity contribution in [3.8, 4) is 0 Å². The second kappa shape index (κ2) is 5.67. The maximum Gasteiger partial charge on any atom is 0.137 e. The molecule has 2 atom stereocenters. The fourth-order valence-electron chi connectivity index (χ4n) is 1.97. The van der Waals surface area contributed by atoms with Gasteiger partial charge >= 0.3 is 0 Å². The van der Waals surface area contributed by atoms with Crippen LogP contribution in [-0.2, 0) is 10.2 Å². The first-order valence-electron chi connectivity index (χ1n) is 6.75. The highest BCUT2D eigenvalue weighted by molar-refractivity contribution is 7.99. The molecule has 2 unspecified atom stereocenters. The van der Waals surface area contributed by atoms with Crippen LogP contribution in [0.1, 0.15) is 39.9 Å². The smallest absolute Gasteiger partial charge is 0.137 e. The zero-order chi connectivity index (χ0) is 14.0. The monoisotopic (exact) mass is 281 g/mol. The predicted molar refractivity (Wildman–Crippen MR) is 80.0 cm³/mol. The zero-order valence-corrected chi connectivity index (χ0v) is 13.2. The van der Waals surface area contributed by atoms with Gasteiger partial charge in [0.25, 0.3) is 0 Å². The topological polar surface area (TPSA) is 47.0 Å². The van der Waals surface area contributed by atoms with Crippen LogP contribution in [-0.4, -0.2) is 35.0 Å². The van der Waals surface area contributed by atoms with Crippen molar-refractivity contribution in [2.75, 3.05) is 19.0 Å². The lowest BCUT2D eigenvalue weighted by atomic mass is 9.96. The van der Waals surface area contributed by atoms with E-state index >= 15 is 0 Å². The Morgan fingerprint density at radius 2 is 2.11 bits per heavy atom. The lowest BCUT2D eigenvalue weighted by molar-refractivity contribution is 0.127. The van der Waals surface area contributed by atoms with Crippen molar-refractivity contribution in [3.05, 3.63) is 11.9 Å². The minimum atomic E-state index is -0.0417. The van der Waals surface area contributed by atoms with Crippen LogP contribution in [0.3, 0.4) is 0 Å². The second-order valence-corrected chi connectivity index (χ2v) is 7.20. The summed E-state index contributed by atoms with van der Waals surface area (Å²) in [7, 11) is 1.89. The number of thioether (sulfide) groups is 1. The van der Waals surface area contributed by atoms with Gasteiger partial charge in [0.1, 0.15) is 16.7 Å². The zero-order valence-electron chi connectivity index (χ0n) is 12.4. The van der Waals surface area contributed by atoms with Gasteiger partial charge in [-0.25, -0.2) is 9.97 Å². The Morgan fingerprint density at radius 1 is 1.37 bits per heavy atom. The maximum atomic E-state index is 5.61. The Labute approximate surface area is 119 Å². The Kier molecular flexibility index (Phi) is 4.36. The van der Waals surface area contributed by atoms with E-state index in [0.29, 0.717) is 11.4 Å². The molecule has 0 spiro atoms. The molecule has 1 aliphatic heterocycles. The van der Waals surface area contributed by atoms with Crippen LogP contribution in [0, 0.1) is 0 Å². The van der Waals surface area contributed by atoms with Crippen LogP contribution in [0.25, 0.3) is 0 Å². The average molecular weight is 281 g/mol. The van der Waals surface area contributed by atoms with E-state index in [1.165, 1.54) is 0 Å². The normalized spacial score (nSPS) is 23.6. The molecule has 1 aromatic rings. The van der Waals surface area contributed by atoms with E-state index < -0.39 is 0 Å². The molecule has 0 saturated carbocycles. The number of aromatic nitrogens is 2. The summed E-state index contributed by atoms with van der Waals surface area (Å²) < 4.78 is 5.61. The molecule has 0 radical (unpaired) electrons. The Balaban J connectivity index is 2.24. The Morgan fingerprint density at radius 3 is 2.63 bits per heavy atom. The van der Waals surface area contributed by atoms with Gasteiger partial charge in [-0.05, 0) is 13.3 Å². The van der Waals surface area contributed by atoms with Crippen molar-refractivity contribution in [1.29, 1.82) is 0 Å². The van der Waals surface area contributed by atoms with Crippen LogP contribution in [0.5, 0.6) is 0 Å². The fourth-order valence-corrected chi connectivity index (χ4v) is 3.08. The number of nitrogens with zero attached hydrogens (tertiary/aromatic N) is 2. The quantitative estimate of drug-likeness (QED) is 0.863. The third-order valence-corrected chi connectivity index (χ3v) is 4.58. The number of ether oxygens (including phenoxy) is 1. The molecule has 0 bridgehead atoms. The van der Waals surface area contributed by atoms with Crippen LogP contribution in [0.2, 0.25) is 0 Å². The van der Waals surface area contributed by atoms with Crippen LogP contribution in [0.4, 0.5) is 5.82 Å². The summed E-state index contributed by atoms with van der Waals surface area (Å²) in [5.41, 5.74) is -0.0417. The van der Waals surface area contributed by atoms with E-state index in [-0.39, 0.29) is 5.41 Å². The standard InChI is InChI=1S/C14H23N3OS/c1-9-10(6-7-18-9)19-12-8-11(15-5)16-13(17-12)14(2,3)4/h8-10H,6-7H2,1-5H3,(H,15,16,17). The highest BCUT2D eigenvalue weighted by Gasteiger charge is 2.27. The van der Waals surface area contributed by atoms with Crippen LogP contribution in [0.15, 0.2) is 11.1 Å². The summed E-state index contributed by atoms with van der Waals surface area (Å²) >= 11 is 1.80. The first-order valence-corrected chi connectivity index (χ1v) is 7.63. The Hall–Kier alpha value is -0.810.